The van der Waals surface area contributed by atoms with Crippen molar-refractivity contribution in [3.63, 3.8) is 0 Å². The van der Waals surface area contributed by atoms with Crippen LogP contribution in [0.5, 0.6) is 0 Å². The summed E-state index contributed by atoms with van der Waals surface area (Å²) in [5.41, 5.74) is 0. The van der Waals surface area contributed by atoms with Gasteiger partial charge in [0.25, 0.3) is 0 Å². The lowest BCUT2D eigenvalue weighted by atomic mass is 10.1. The Morgan fingerprint density at radius 1 is 0.500 bits per heavy atom. The molecule has 52 heavy (non-hydrogen) atoms. The predicted molar refractivity (Wildman–Crippen MR) is 216 cm³/mol. The molecule has 0 saturated carbocycles. The highest BCUT2D eigenvalue weighted by molar-refractivity contribution is 7.46. The smallest absolute Gasteiger partial charge is 0.462 e. The van der Waals surface area contributed by atoms with E-state index in [-0.39, 0.29) is 19.4 Å². The second kappa shape index (κ2) is 38.2. The molecule has 0 radical (unpaired) electrons. The molecule has 0 saturated heterocycles. The van der Waals surface area contributed by atoms with E-state index in [9.17, 15) is 14.2 Å². The minimum atomic E-state index is -4.77. The zero-order valence-corrected chi connectivity index (χ0v) is 33.6. The van der Waals surface area contributed by atoms with E-state index < -0.39 is 32.5 Å². The third-order valence-corrected chi connectivity index (χ3v) is 8.68. The number of hydrogen-bond donors (Lipinski definition) is 2. The van der Waals surface area contributed by atoms with E-state index in [4.69, 9.17) is 19.3 Å². The molecule has 0 unspecified atom stereocenters. The Labute approximate surface area is 317 Å². The van der Waals surface area contributed by atoms with Gasteiger partial charge in [-0.15, -0.1) is 0 Å². The summed E-state index contributed by atoms with van der Waals surface area (Å²) < 4.78 is 26.3. The third-order valence-electron chi connectivity index (χ3n) is 8.20. The van der Waals surface area contributed by atoms with Crippen LogP contribution in [0.3, 0.4) is 0 Å². The molecule has 0 aliphatic rings. The first kappa shape index (κ1) is 49.5. The van der Waals surface area contributed by atoms with Crippen LogP contribution in [0.15, 0.2) is 72.9 Å². The van der Waals surface area contributed by atoms with Crippen LogP contribution in [0.25, 0.3) is 0 Å². The van der Waals surface area contributed by atoms with Crippen LogP contribution in [0.1, 0.15) is 168 Å². The molecule has 9 heteroatoms. The van der Waals surface area contributed by atoms with Crippen LogP contribution in [0.2, 0.25) is 0 Å². The van der Waals surface area contributed by atoms with Gasteiger partial charge in [-0.3, -0.25) is 14.1 Å². The fraction of sp³-hybridized carbons (Fsp3) is 0.674. The minimum absolute atomic E-state index is 0.164. The number of phosphoric ester groups is 1. The number of esters is 2. The van der Waals surface area contributed by atoms with Gasteiger partial charge in [0.1, 0.15) is 6.61 Å². The van der Waals surface area contributed by atoms with E-state index in [2.05, 4.69) is 91.3 Å². The summed E-state index contributed by atoms with van der Waals surface area (Å²) in [5.74, 6) is -0.965. The second-order valence-corrected chi connectivity index (χ2v) is 14.5. The summed E-state index contributed by atoms with van der Waals surface area (Å²) in [6.07, 6.45) is 49.1. The molecule has 8 nitrogen and oxygen atoms in total. The Morgan fingerprint density at radius 2 is 0.865 bits per heavy atom. The second-order valence-electron chi connectivity index (χ2n) is 13.2. The largest absolute Gasteiger partial charge is 0.469 e. The number of carbonyl (C=O) groups excluding carboxylic acids is 2. The first-order valence-electron chi connectivity index (χ1n) is 20.2. The van der Waals surface area contributed by atoms with Crippen molar-refractivity contribution in [1.82, 2.24) is 0 Å². The van der Waals surface area contributed by atoms with Crippen LogP contribution in [0.4, 0.5) is 0 Å². The van der Waals surface area contributed by atoms with Gasteiger partial charge in [-0.25, -0.2) is 4.57 Å². The molecule has 0 aromatic carbocycles. The molecule has 0 aliphatic heterocycles. The molecule has 1 atom stereocenters. The lowest BCUT2D eigenvalue weighted by Gasteiger charge is -2.18. The molecule has 0 rings (SSSR count). The predicted octanol–water partition coefficient (Wildman–Crippen LogP) is 12.3. The summed E-state index contributed by atoms with van der Waals surface area (Å²) in [7, 11) is -4.77. The Kier molecular flexibility index (Phi) is 36.4. The van der Waals surface area contributed by atoms with Crippen molar-refractivity contribution in [3.05, 3.63) is 72.9 Å². The summed E-state index contributed by atoms with van der Waals surface area (Å²) in [5, 5.41) is 0. The Hall–Kier alpha value is -2.51. The van der Waals surface area contributed by atoms with Gasteiger partial charge >= 0.3 is 19.8 Å². The molecule has 2 N–H and O–H groups in total. The number of hydrogen-bond acceptors (Lipinski definition) is 6. The highest BCUT2D eigenvalue weighted by Crippen LogP contribution is 2.36. The number of unbranched alkanes of at least 4 members (excludes halogenated alkanes) is 14. The van der Waals surface area contributed by atoms with Gasteiger partial charge in [0.15, 0.2) is 6.10 Å². The molecule has 0 amide bonds. The third kappa shape index (κ3) is 40.3. The normalized spacial score (nSPS) is 13.2. The molecule has 0 heterocycles. The molecule has 298 valence electrons. The molecule has 0 aromatic rings. The molecule has 0 aliphatic carbocycles. The maximum Gasteiger partial charge on any atom is 0.469 e. The first-order chi connectivity index (χ1) is 25.3. The summed E-state index contributed by atoms with van der Waals surface area (Å²) >= 11 is 0. The lowest BCUT2D eigenvalue weighted by molar-refractivity contribution is -0.161. The summed E-state index contributed by atoms with van der Waals surface area (Å²) in [6.45, 7) is 3.58. The van der Waals surface area contributed by atoms with Crippen molar-refractivity contribution in [1.29, 1.82) is 0 Å². The fourth-order valence-electron chi connectivity index (χ4n) is 5.15. The Balaban J connectivity index is 4.08. The van der Waals surface area contributed by atoms with Gasteiger partial charge in [0.05, 0.1) is 6.61 Å². The van der Waals surface area contributed by atoms with Crippen LogP contribution >= 0.6 is 7.82 Å². The maximum absolute atomic E-state index is 12.4. The van der Waals surface area contributed by atoms with E-state index in [1.54, 1.807) is 0 Å². The van der Waals surface area contributed by atoms with E-state index >= 15 is 0 Å². The minimum Gasteiger partial charge on any atom is -0.462 e. The van der Waals surface area contributed by atoms with Crippen molar-refractivity contribution in [2.75, 3.05) is 13.2 Å². The average molecular weight is 749 g/mol. The standard InChI is InChI=1S/C43H73O8P/c1-3-5-7-9-11-13-15-17-19-20-21-22-24-26-28-30-32-34-36-38-43(45)51-41(40-50-52(46,47)48)39-49-42(44)37-35-33-31-29-27-25-23-18-16-14-12-10-8-6-4-2/h11,13,17-19,21-23,26-29,41H,3-10,12,14-16,20,24-25,30-40H2,1-2H3,(H2,46,47,48)/b13-11+,19-17+,22-21+,23-18+,28-26+,29-27+/t41-/m1/s1. The van der Waals surface area contributed by atoms with Crippen molar-refractivity contribution in [3.8, 4) is 0 Å². The SMILES string of the molecule is CCCCC/C=C/C/C=C/C/C=C/C/C=C/CCCCCC(=O)O[C@H](COC(=O)CCCC/C=C/C/C=C/CCCCCCCC)COP(=O)(O)O. The van der Waals surface area contributed by atoms with Crippen LogP contribution in [-0.4, -0.2) is 41.0 Å². The molecule has 0 spiro atoms. The number of ether oxygens (including phenoxy) is 2. The van der Waals surface area contributed by atoms with E-state index in [0.717, 1.165) is 64.2 Å². The molecule has 0 bridgehead atoms. The van der Waals surface area contributed by atoms with Crippen molar-refractivity contribution in [2.24, 2.45) is 0 Å². The zero-order chi connectivity index (χ0) is 38.2. The van der Waals surface area contributed by atoms with Crippen LogP contribution in [0, 0.1) is 0 Å². The Bertz CT molecular complexity index is 1070. The van der Waals surface area contributed by atoms with E-state index in [1.807, 2.05) is 0 Å². The van der Waals surface area contributed by atoms with Gasteiger partial charge < -0.3 is 19.3 Å². The van der Waals surface area contributed by atoms with Crippen LogP contribution < -0.4 is 0 Å². The van der Waals surface area contributed by atoms with Gasteiger partial charge in [-0.05, 0) is 89.9 Å². The number of phosphoric acid groups is 1. The highest BCUT2D eigenvalue weighted by Gasteiger charge is 2.22. The lowest BCUT2D eigenvalue weighted by Crippen LogP contribution is -2.29. The van der Waals surface area contributed by atoms with Crippen molar-refractivity contribution >= 4 is 19.8 Å². The zero-order valence-electron chi connectivity index (χ0n) is 32.7. The van der Waals surface area contributed by atoms with Crippen LogP contribution in [-0.2, 0) is 28.2 Å². The average Bonchev–Trinajstić information content (AvgIpc) is 3.11. The van der Waals surface area contributed by atoms with Gasteiger partial charge in [0, 0.05) is 12.8 Å². The van der Waals surface area contributed by atoms with Gasteiger partial charge in [-0.1, -0.05) is 138 Å². The fourth-order valence-corrected chi connectivity index (χ4v) is 5.51. The summed E-state index contributed by atoms with van der Waals surface area (Å²) in [4.78, 5) is 42.8. The van der Waals surface area contributed by atoms with E-state index in [1.165, 1.54) is 64.2 Å². The van der Waals surface area contributed by atoms with Crippen molar-refractivity contribution < 1.29 is 37.9 Å². The molecular formula is C43H73O8P. The first-order valence-corrected chi connectivity index (χ1v) is 21.8. The van der Waals surface area contributed by atoms with E-state index in [0.29, 0.717) is 12.8 Å². The van der Waals surface area contributed by atoms with Gasteiger partial charge in [-0.2, -0.15) is 0 Å². The molecule has 0 fully saturated rings. The monoisotopic (exact) mass is 749 g/mol. The quantitative estimate of drug-likeness (QED) is 0.0281. The maximum atomic E-state index is 12.4. The summed E-state index contributed by atoms with van der Waals surface area (Å²) in [6, 6.07) is 0. The number of rotatable bonds is 36. The highest BCUT2D eigenvalue weighted by atomic mass is 31.2. The number of carbonyl (C=O) groups is 2. The molecule has 0 aromatic heterocycles. The Morgan fingerprint density at radius 3 is 1.37 bits per heavy atom. The molecular weight excluding hydrogens is 675 g/mol. The van der Waals surface area contributed by atoms with Crippen molar-refractivity contribution in [2.45, 2.75) is 174 Å². The van der Waals surface area contributed by atoms with Gasteiger partial charge in [0.2, 0.25) is 0 Å². The topological polar surface area (TPSA) is 119 Å². The number of allylic oxidation sites excluding steroid dienone is 12.